The molecule has 0 radical (unpaired) electrons. The number of hydrogen-bond donors (Lipinski definition) is 2. The van der Waals surface area contributed by atoms with Crippen LogP contribution in [0.25, 0.3) is 11.4 Å². The van der Waals surface area contributed by atoms with E-state index in [9.17, 15) is 14.4 Å². The largest absolute Gasteiger partial charge is 0.497 e. The van der Waals surface area contributed by atoms with Crippen LogP contribution in [0.3, 0.4) is 0 Å². The van der Waals surface area contributed by atoms with Gasteiger partial charge >= 0.3 is 5.97 Å². The fourth-order valence-corrected chi connectivity index (χ4v) is 2.93. The minimum absolute atomic E-state index is 0.0687. The second-order valence-electron chi connectivity index (χ2n) is 6.71. The van der Waals surface area contributed by atoms with Crippen molar-refractivity contribution in [3.05, 3.63) is 98.8 Å². The van der Waals surface area contributed by atoms with Crippen LogP contribution in [0.2, 0.25) is 0 Å². The molecule has 0 spiro atoms. The van der Waals surface area contributed by atoms with E-state index in [0.717, 1.165) is 17.1 Å². The number of esters is 1. The number of methoxy groups -OCH3 is 1. The van der Waals surface area contributed by atoms with Gasteiger partial charge < -0.3 is 9.47 Å². The molecule has 0 atom stereocenters. The number of para-hydroxylation sites is 1. The summed E-state index contributed by atoms with van der Waals surface area (Å²) in [5, 5.41) is 5.67. The van der Waals surface area contributed by atoms with Crippen molar-refractivity contribution in [1.29, 1.82) is 0 Å². The maximum absolute atomic E-state index is 11.7. The molecule has 0 amide bonds. The molecule has 4 aromatic rings. The summed E-state index contributed by atoms with van der Waals surface area (Å²) in [5.74, 6) is 0.200. The average molecular weight is 436 g/mol. The Morgan fingerprint density at radius 3 is 2.16 bits per heavy atom. The van der Waals surface area contributed by atoms with Crippen LogP contribution in [-0.2, 0) is 4.74 Å². The number of benzene rings is 2. The number of aryl methyl sites for hydroxylation is 1. The predicted molar refractivity (Wildman–Crippen MR) is 120 cm³/mol. The highest BCUT2D eigenvalue weighted by molar-refractivity contribution is 5.87. The molecule has 4 rings (SSSR count). The van der Waals surface area contributed by atoms with E-state index in [1.54, 1.807) is 38.3 Å². The first-order valence-corrected chi connectivity index (χ1v) is 9.90. The molecule has 2 N–H and O–H groups in total. The summed E-state index contributed by atoms with van der Waals surface area (Å²) >= 11 is 0. The Kier molecular flexibility index (Phi) is 7.12. The molecule has 0 saturated heterocycles. The molecular weight excluding hydrogens is 412 g/mol. The molecular formula is C23H24N4O5. The Hall–Kier alpha value is -4.27. The summed E-state index contributed by atoms with van der Waals surface area (Å²) in [7, 11) is 1.60. The summed E-state index contributed by atoms with van der Waals surface area (Å²) in [5.41, 5.74) is 2.07. The molecule has 0 fully saturated rings. The standard InChI is InChI=1S/C12H12N2O3.C11H12N2O2/c1-2-17-12(16)10-8-11(15)14(13-10)9-6-4-3-5-7-9;1-8-6-11(14)13(12-8)9-4-3-5-10(7-9)15-2/h3-8,13H,2H2,1H3;3-7,12H,1-2H3. The van der Waals surface area contributed by atoms with E-state index in [-0.39, 0.29) is 23.4 Å². The van der Waals surface area contributed by atoms with Crippen molar-refractivity contribution in [2.45, 2.75) is 13.8 Å². The fourth-order valence-electron chi connectivity index (χ4n) is 2.93. The van der Waals surface area contributed by atoms with Crippen LogP contribution < -0.4 is 15.9 Å². The van der Waals surface area contributed by atoms with Gasteiger partial charge in [0, 0.05) is 23.9 Å². The van der Waals surface area contributed by atoms with Crippen LogP contribution in [0.5, 0.6) is 5.75 Å². The minimum atomic E-state index is -0.528. The molecule has 32 heavy (non-hydrogen) atoms. The Balaban J connectivity index is 0.000000182. The van der Waals surface area contributed by atoms with Gasteiger partial charge in [-0.1, -0.05) is 24.3 Å². The third-order valence-electron chi connectivity index (χ3n) is 4.39. The van der Waals surface area contributed by atoms with Crippen molar-refractivity contribution in [1.82, 2.24) is 19.6 Å². The first kappa shape index (κ1) is 22.4. The normalized spacial score (nSPS) is 10.2. The van der Waals surface area contributed by atoms with Gasteiger partial charge in [-0.25, -0.2) is 14.2 Å². The number of H-pyrrole nitrogens is 2. The number of nitrogens with one attached hydrogen (secondary N) is 2. The van der Waals surface area contributed by atoms with Crippen molar-refractivity contribution in [3.63, 3.8) is 0 Å². The lowest BCUT2D eigenvalue weighted by molar-refractivity contribution is 0.0519. The van der Waals surface area contributed by atoms with Gasteiger partial charge in [-0.3, -0.25) is 19.8 Å². The molecule has 2 aromatic carbocycles. The molecule has 0 aliphatic carbocycles. The van der Waals surface area contributed by atoms with Gasteiger partial charge in [-0.15, -0.1) is 0 Å². The van der Waals surface area contributed by atoms with Crippen molar-refractivity contribution < 1.29 is 14.3 Å². The number of carbonyl (C=O) groups is 1. The van der Waals surface area contributed by atoms with Crippen LogP contribution >= 0.6 is 0 Å². The Labute approximate surface area is 183 Å². The topological polar surface area (TPSA) is 111 Å². The van der Waals surface area contributed by atoms with E-state index in [2.05, 4.69) is 10.2 Å². The van der Waals surface area contributed by atoms with Crippen LogP contribution in [0, 0.1) is 6.92 Å². The molecule has 0 bridgehead atoms. The first-order valence-electron chi connectivity index (χ1n) is 9.90. The highest BCUT2D eigenvalue weighted by Gasteiger charge is 2.12. The zero-order valence-electron chi connectivity index (χ0n) is 18.0. The molecule has 2 aromatic heterocycles. The zero-order chi connectivity index (χ0) is 23.1. The molecule has 0 saturated carbocycles. The van der Waals surface area contributed by atoms with E-state index < -0.39 is 5.97 Å². The highest BCUT2D eigenvalue weighted by Crippen LogP contribution is 2.14. The zero-order valence-corrected chi connectivity index (χ0v) is 18.0. The molecule has 0 unspecified atom stereocenters. The summed E-state index contributed by atoms with van der Waals surface area (Å²) in [6.07, 6.45) is 0. The molecule has 9 heteroatoms. The number of ether oxygens (including phenoxy) is 2. The van der Waals surface area contributed by atoms with Gasteiger partial charge in [0.15, 0.2) is 0 Å². The first-order chi connectivity index (χ1) is 15.4. The minimum Gasteiger partial charge on any atom is -0.497 e. The lowest BCUT2D eigenvalue weighted by Gasteiger charge is -2.04. The maximum atomic E-state index is 11.7. The van der Waals surface area contributed by atoms with Gasteiger partial charge in [-0.05, 0) is 38.1 Å². The number of rotatable bonds is 5. The number of carbonyl (C=O) groups excluding carboxylic acids is 1. The second kappa shape index (κ2) is 10.2. The SMILES string of the molecule is CCOC(=O)c1cc(=O)n(-c2ccccc2)[nH]1.COc1cccc(-n2[nH]c(C)cc2=O)c1. The Morgan fingerprint density at radius 2 is 1.53 bits per heavy atom. The van der Waals surface area contributed by atoms with E-state index in [0.29, 0.717) is 5.69 Å². The number of aromatic amines is 2. The van der Waals surface area contributed by atoms with Crippen molar-refractivity contribution in [2.24, 2.45) is 0 Å². The van der Waals surface area contributed by atoms with Crippen molar-refractivity contribution in [3.8, 4) is 17.1 Å². The van der Waals surface area contributed by atoms with E-state index in [1.165, 1.54) is 15.4 Å². The fraction of sp³-hybridized carbons (Fsp3) is 0.174. The third-order valence-corrected chi connectivity index (χ3v) is 4.39. The summed E-state index contributed by atoms with van der Waals surface area (Å²) < 4.78 is 12.7. The van der Waals surface area contributed by atoms with Gasteiger partial charge in [-0.2, -0.15) is 0 Å². The summed E-state index contributed by atoms with van der Waals surface area (Å²) in [6.45, 7) is 3.83. The van der Waals surface area contributed by atoms with E-state index >= 15 is 0 Å². The number of hydrogen-bond acceptors (Lipinski definition) is 5. The van der Waals surface area contributed by atoms with Crippen LogP contribution in [-0.4, -0.2) is 39.2 Å². The molecule has 0 aliphatic heterocycles. The maximum Gasteiger partial charge on any atom is 0.356 e. The Morgan fingerprint density at radius 1 is 0.875 bits per heavy atom. The predicted octanol–water partition coefficient (Wildman–Crippen LogP) is 2.82. The van der Waals surface area contributed by atoms with Gasteiger partial charge in [0.1, 0.15) is 11.4 Å². The van der Waals surface area contributed by atoms with Crippen molar-refractivity contribution in [2.75, 3.05) is 13.7 Å². The lowest BCUT2D eigenvalue weighted by atomic mass is 10.3. The summed E-state index contributed by atoms with van der Waals surface area (Å²) in [6, 6.07) is 19.1. The molecule has 2 heterocycles. The molecule has 166 valence electrons. The van der Waals surface area contributed by atoms with Gasteiger partial charge in [0.05, 0.1) is 25.1 Å². The second-order valence-corrected chi connectivity index (χ2v) is 6.71. The lowest BCUT2D eigenvalue weighted by Crippen LogP contribution is -2.13. The molecule has 9 nitrogen and oxygen atoms in total. The number of nitrogens with zero attached hydrogens (tertiary/aromatic N) is 2. The Bertz CT molecular complexity index is 1300. The van der Waals surface area contributed by atoms with Crippen LogP contribution in [0.1, 0.15) is 23.1 Å². The van der Waals surface area contributed by atoms with Gasteiger partial charge in [0.25, 0.3) is 11.1 Å². The smallest absolute Gasteiger partial charge is 0.356 e. The monoisotopic (exact) mass is 436 g/mol. The van der Waals surface area contributed by atoms with Gasteiger partial charge in [0.2, 0.25) is 0 Å². The van der Waals surface area contributed by atoms with Crippen LogP contribution in [0.4, 0.5) is 0 Å². The molecule has 0 aliphatic rings. The highest BCUT2D eigenvalue weighted by atomic mass is 16.5. The van der Waals surface area contributed by atoms with Crippen molar-refractivity contribution >= 4 is 5.97 Å². The average Bonchev–Trinajstić information content (AvgIpc) is 3.36. The van der Waals surface area contributed by atoms with E-state index in [4.69, 9.17) is 9.47 Å². The quantitative estimate of drug-likeness (QED) is 0.468. The number of aromatic nitrogens is 4. The van der Waals surface area contributed by atoms with Crippen LogP contribution in [0.15, 0.2) is 76.3 Å². The summed E-state index contributed by atoms with van der Waals surface area (Å²) in [4.78, 5) is 34.6. The van der Waals surface area contributed by atoms with E-state index in [1.807, 2.05) is 43.3 Å². The third kappa shape index (κ3) is 5.25.